The van der Waals surface area contributed by atoms with E-state index in [1.165, 1.54) is 10.8 Å². The highest BCUT2D eigenvalue weighted by Gasteiger charge is 2.27. The van der Waals surface area contributed by atoms with Crippen LogP contribution < -0.4 is 5.56 Å². The average molecular weight is 396 g/mol. The summed E-state index contributed by atoms with van der Waals surface area (Å²) in [5, 5.41) is 12.0. The summed E-state index contributed by atoms with van der Waals surface area (Å²) in [6, 6.07) is 14.0. The highest BCUT2D eigenvalue weighted by Crippen LogP contribution is 2.27. The first-order valence-electron chi connectivity index (χ1n) is 9.04. The fraction of sp³-hybridized carbons (Fsp3) is 0.238. The maximum absolute atomic E-state index is 13.1. The first-order chi connectivity index (χ1) is 13.4. The van der Waals surface area contributed by atoms with Crippen LogP contribution >= 0.6 is 0 Å². The van der Waals surface area contributed by atoms with E-state index in [-0.39, 0.29) is 29.0 Å². The number of aromatic hydroxyl groups is 1. The van der Waals surface area contributed by atoms with E-state index in [0.717, 1.165) is 5.56 Å². The molecule has 3 aromatic rings. The number of pyridine rings is 1. The van der Waals surface area contributed by atoms with Crippen LogP contribution in [0.25, 0.3) is 16.5 Å². The molecule has 28 heavy (non-hydrogen) atoms. The molecule has 0 unspecified atom stereocenters. The lowest BCUT2D eigenvalue weighted by atomic mass is 10.1. The summed E-state index contributed by atoms with van der Waals surface area (Å²) in [5.74, 6) is -0.0630. The Kier molecular flexibility index (Phi) is 4.55. The molecule has 1 fully saturated rings. The predicted molar refractivity (Wildman–Crippen MR) is 111 cm³/mol. The first kappa shape index (κ1) is 18.4. The molecule has 0 saturated carbocycles. The summed E-state index contributed by atoms with van der Waals surface area (Å²) >= 11 is 0. The van der Waals surface area contributed by atoms with E-state index in [0.29, 0.717) is 28.4 Å². The van der Waals surface area contributed by atoms with Crippen LogP contribution in [0.2, 0.25) is 0 Å². The van der Waals surface area contributed by atoms with Crippen molar-refractivity contribution in [1.82, 2.24) is 4.57 Å². The minimum Gasteiger partial charge on any atom is -0.494 e. The Balaban J connectivity index is 1.93. The molecule has 2 aromatic carbocycles. The fourth-order valence-electron chi connectivity index (χ4n) is 3.60. The van der Waals surface area contributed by atoms with Gasteiger partial charge in [-0.25, -0.2) is 13.0 Å². The molecule has 1 atom stereocenters. The number of aliphatic imine (C=N–C) groups is 1. The van der Waals surface area contributed by atoms with E-state index in [9.17, 15) is 18.3 Å². The molecule has 7 heteroatoms. The third-order valence-electron chi connectivity index (χ3n) is 5.08. The first-order valence-corrected chi connectivity index (χ1v) is 10.9. The van der Waals surface area contributed by atoms with Crippen LogP contribution in [0.4, 0.5) is 0 Å². The van der Waals surface area contributed by atoms with E-state index >= 15 is 0 Å². The zero-order chi connectivity index (χ0) is 19.9. The van der Waals surface area contributed by atoms with Crippen LogP contribution in [0.15, 0.2) is 58.3 Å². The molecule has 0 bridgehead atoms. The molecule has 4 rings (SSSR count). The maximum Gasteiger partial charge on any atom is 0.265 e. The van der Waals surface area contributed by atoms with Gasteiger partial charge in [0.25, 0.3) is 5.56 Å². The van der Waals surface area contributed by atoms with Crippen molar-refractivity contribution in [1.29, 1.82) is 0 Å². The zero-order valence-electron chi connectivity index (χ0n) is 15.4. The molecule has 1 aliphatic rings. The normalized spacial score (nSPS) is 18.8. The number of rotatable bonds is 3. The Hall–Kier alpha value is -2.93. The second kappa shape index (κ2) is 6.91. The van der Waals surface area contributed by atoms with Gasteiger partial charge in [-0.05, 0) is 31.0 Å². The summed E-state index contributed by atoms with van der Waals surface area (Å²) in [6.45, 7) is 1.87. The number of nitrogens with zero attached hydrogens (tertiary/aromatic N) is 2. The lowest BCUT2D eigenvalue weighted by Crippen LogP contribution is -2.21. The van der Waals surface area contributed by atoms with Crippen LogP contribution in [0.5, 0.6) is 5.88 Å². The predicted octanol–water partition coefficient (Wildman–Crippen LogP) is 2.61. The van der Waals surface area contributed by atoms with Gasteiger partial charge in [0.15, 0.2) is 9.84 Å². The van der Waals surface area contributed by atoms with Crippen LogP contribution in [0.3, 0.4) is 0 Å². The van der Waals surface area contributed by atoms with Crippen molar-refractivity contribution in [2.75, 3.05) is 11.5 Å². The highest BCUT2D eigenvalue weighted by molar-refractivity contribution is 7.91. The Morgan fingerprint density at radius 1 is 1.11 bits per heavy atom. The van der Waals surface area contributed by atoms with Crippen LogP contribution in [0, 0.1) is 6.92 Å². The highest BCUT2D eigenvalue weighted by atomic mass is 32.2. The lowest BCUT2D eigenvalue weighted by molar-refractivity contribution is 0.436. The van der Waals surface area contributed by atoms with E-state index in [1.807, 2.05) is 19.1 Å². The quantitative estimate of drug-likeness (QED) is 0.689. The van der Waals surface area contributed by atoms with Gasteiger partial charge in [0.2, 0.25) is 5.88 Å². The molecular weight excluding hydrogens is 376 g/mol. The molecule has 6 nitrogen and oxygen atoms in total. The van der Waals surface area contributed by atoms with Crippen LogP contribution in [0.1, 0.15) is 17.5 Å². The largest absolute Gasteiger partial charge is 0.494 e. The van der Waals surface area contributed by atoms with Crippen molar-refractivity contribution in [2.45, 2.75) is 19.4 Å². The summed E-state index contributed by atoms with van der Waals surface area (Å²) < 4.78 is 24.7. The van der Waals surface area contributed by atoms with E-state index in [2.05, 4.69) is 4.99 Å². The third kappa shape index (κ3) is 3.22. The number of hydrogen-bond acceptors (Lipinski definition) is 5. The Morgan fingerprint density at radius 3 is 2.46 bits per heavy atom. The van der Waals surface area contributed by atoms with E-state index < -0.39 is 9.84 Å². The molecular formula is C21H20N2O4S. The van der Waals surface area contributed by atoms with Gasteiger partial charge in [0.05, 0.1) is 28.8 Å². The number of para-hydroxylation sites is 1. The molecule has 1 saturated heterocycles. The van der Waals surface area contributed by atoms with Gasteiger partial charge in [-0.15, -0.1) is 0 Å². The standard InChI is InChI=1S/C21H20N2O4S/c1-14-6-2-5-9-19(14)23-20(24)17-8-4-3-7-16(17)18(21(23)25)12-22-15-10-11-28(26,27)13-15/h2-9,12,15,25H,10-11,13H2,1H3/t15-/m0/s1. The Morgan fingerprint density at radius 2 is 1.79 bits per heavy atom. The minimum absolute atomic E-state index is 0.0135. The number of aryl methyl sites for hydroxylation is 1. The van der Waals surface area contributed by atoms with E-state index in [4.69, 9.17) is 0 Å². The van der Waals surface area contributed by atoms with Crippen LogP contribution in [-0.4, -0.2) is 41.9 Å². The van der Waals surface area contributed by atoms with Gasteiger partial charge >= 0.3 is 0 Å². The monoisotopic (exact) mass is 396 g/mol. The van der Waals surface area contributed by atoms with Crippen molar-refractivity contribution in [2.24, 2.45) is 4.99 Å². The van der Waals surface area contributed by atoms with Crippen molar-refractivity contribution in [3.63, 3.8) is 0 Å². The SMILES string of the molecule is Cc1ccccc1-n1c(O)c(C=N[C@H]2CCS(=O)(=O)C2)c2ccccc2c1=O. The van der Waals surface area contributed by atoms with Crippen molar-refractivity contribution in [3.8, 4) is 11.6 Å². The van der Waals surface area contributed by atoms with Gasteiger partial charge in [-0.1, -0.05) is 36.4 Å². The second-order valence-electron chi connectivity index (χ2n) is 7.04. The van der Waals surface area contributed by atoms with Crippen molar-refractivity contribution < 1.29 is 13.5 Å². The molecule has 0 radical (unpaired) electrons. The summed E-state index contributed by atoms with van der Waals surface area (Å²) in [4.78, 5) is 17.5. The smallest absolute Gasteiger partial charge is 0.265 e. The van der Waals surface area contributed by atoms with Crippen molar-refractivity contribution >= 4 is 26.8 Å². The molecule has 144 valence electrons. The van der Waals surface area contributed by atoms with Gasteiger partial charge in [0.1, 0.15) is 0 Å². The van der Waals surface area contributed by atoms with Gasteiger partial charge < -0.3 is 5.11 Å². The lowest BCUT2D eigenvalue weighted by Gasteiger charge is -2.15. The molecule has 0 aliphatic carbocycles. The molecule has 0 spiro atoms. The van der Waals surface area contributed by atoms with Gasteiger partial charge in [-0.3, -0.25) is 9.79 Å². The minimum atomic E-state index is -3.05. The Labute approximate surface area is 162 Å². The fourth-order valence-corrected chi connectivity index (χ4v) is 5.24. The van der Waals surface area contributed by atoms with E-state index in [1.54, 1.807) is 36.4 Å². The number of aromatic nitrogens is 1. The summed E-state index contributed by atoms with van der Waals surface area (Å²) in [5.41, 5.74) is 1.53. The number of fused-ring (bicyclic) bond motifs is 1. The molecule has 1 aromatic heterocycles. The average Bonchev–Trinajstić information content (AvgIpc) is 3.02. The van der Waals surface area contributed by atoms with Crippen LogP contribution in [-0.2, 0) is 9.84 Å². The molecule has 1 aliphatic heterocycles. The third-order valence-corrected chi connectivity index (χ3v) is 6.83. The molecule has 1 N–H and O–H groups in total. The maximum atomic E-state index is 13.1. The number of hydrogen-bond donors (Lipinski definition) is 1. The van der Waals surface area contributed by atoms with Gasteiger partial charge in [-0.2, -0.15) is 0 Å². The molecule has 2 heterocycles. The second-order valence-corrected chi connectivity index (χ2v) is 9.27. The zero-order valence-corrected chi connectivity index (χ0v) is 16.2. The number of benzene rings is 2. The van der Waals surface area contributed by atoms with Crippen molar-refractivity contribution in [3.05, 3.63) is 70.0 Å². The topological polar surface area (TPSA) is 88.7 Å². The Bertz CT molecular complexity index is 1260. The number of sulfone groups is 1. The summed E-state index contributed by atoms with van der Waals surface area (Å²) in [6.07, 6.45) is 1.96. The van der Waals surface area contributed by atoms with Gasteiger partial charge in [0, 0.05) is 17.0 Å². The molecule has 0 amide bonds. The summed E-state index contributed by atoms with van der Waals surface area (Å²) in [7, 11) is -3.05.